The first kappa shape index (κ1) is 17.9. The Morgan fingerprint density at radius 1 is 0.769 bits per heavy atom. The second-order valence-electron chi connectivity index (χ2n) is 6.50. The van der Waals surface area contributed by atoms with Crippen molar-refractivity contribution < 1.29 is 4.79 Å². The number of anilines is 1. The lowest BCUT2D eigenvalue weighted by molar-refractivity contribution is -0.118. The number of aryl methyl sites for hydroxylation is 1. The third-order valence-electron chi connectivity index (χ3n) is 4.43. The van der Waals surface area contributed by atoms with Gasteiger partial charge in [-0.05, 0) is 37.1 Å². The van der Waals surface area contributed by atoms with Gasteiger partial charge >= 0.3 is 0 Å². The van der Waals surface area contributed by atoms with Crippen LogP contribution in [0.5, 0.6) is 0 Å². The van der Waals surface area contributed by atoms with E-state index in [1.54, 1.807) is 0 Å². The predicted octanol–water partition coefficient (Wildman–Crippen LogP) is 5.03. The molecule has 3 rings (SSSR count). The van der Waals surface area contributed by atoms with E-state index in [1.807, 2.05) is 79.7 Å². The SMILES string of the molecule is Cc1ccc(NC(=O)[C@H](N[C@@H](C)c2ccccc2)c2ccccc2)cc1. The normalized spacial score (nSPS) is 13.0. The summed E-state index contributed by atoms with van der Waals surface area (Å²) in [4.78, 5) is 13.0. The van der Waals surface area contributed by atoms with Crippen molar-refractivity contribution in [2.24, 2.45) is 0 Å². The number of nitrogens with one attached hydrogen (secondary N) is 2. The molecule has 3 aromatic rings. The van der Waals surface area contributed by atoms with Crippen molar-refractivity contribution in [2.45, 2.75) is 25.9 Å². The minimum atomic E-state index is -0.437. The van der Waals surface area contributed by atoms with Crippen molar-refractivity contribution in [3.05, 3.63) is 102 Å². The van der Waals surface area contributed by atoms with E-state index in [9.17, 15) is 4.79 Å². The summed E-state index contributed by atoms with van der Waals surface area (Å²) in [6, 6.07) is 27.4. The monoisotopic (exact) mass is 344 g/mol. The first-order valence-corrected chi connectivity index (χ1v) is 8.87. The molecule has 3 aromatic carbocycles. The topological polar surface area (TPSA) is 41.1 Å². The van der Waals surface area contributed by atoms with Gasteiger partial charge in [-0.2, -0.15) is 0 Å². The zero-order chi connectivity index (χ0) is 18.4. The first-order chi connectivity index (χ1) is 12.6. The van der Waals surface area contributed by atoms with Crippen molar-refractivity contribution in [2.75, 3.05) is 5.32 Å². The van der Waals surface area contributed by atoms with Crippen LogP contribution in [0.2, 0.25) is 0 Å². The van der Waals surface area contributed by atoms with Gasteiger partial charge < -0.3 is 5.32 Å². The summed E-state index contributed by atoms with van der Waals surface area (Å²) in [5.74, 6) is -0.0668. The molecular weight excluding hydrogens is 320 g/mol. The molecule has 3 nitrogen and oxygen atoms in total. The van der Waals surface area contributed by atoms with Crippen molar-refractivity contribution >= 4 is 11.6 Å². The van der Waals surface area contributed by atoms with Gasteiger partial charge in [0.2, 0.25) is 5.91 Å². The third kappa shape index (κ3) is 4.58. The molecule has 0 radical (unpaired) electrons. The van der Waals surface area contributed by atoms with Crippen LogP contribution in [-0.4, -0.2) is 5.91 Å². The molecule has 0 spiro atoms. The summed E-state index contributed by atoms with van der Waals surface area (Å²) in [5, 5.41) is 6.49. The van der Waals surface area contributed by atoms with E-state index in [-0.39, 0.29) is 11.9 Å². The number of rotatable bonds is 6. The predicted molar refractivity (Wildman–Crippen MR) is 107 cm³/mol. The van der Waals surface area contributed by atoms with Crippen LogP contribution in [0.25, 0.3) is 0 Å². The summed E-state index contributed by atoms with van der Waals surface area (Å²) in [6.07, 6.45) is 0. The van der Waals surface area contributed by atoms with Gasteiger partial charge in [-0.15, -0.1) is 0 Å². The second-order valence-corrected chi connectivity index (χ2v) is 6.50. The zero-order valence-corrected chi connectivity index (χ0v) is 15.1. The van der Waals surface area contributed by atoms with E-state index >= 15 is 0 Å². The van der Waals surface area contributed by atoms with Gasteiger partial charge in [-0.25, -0.2) is 0 Å². The van der Waals surface area contributed by atoms with Crippen LogP contribution in [0.1, 0.15) is 35.7 Å². The summed E-state index contributed by atoms with van der Waals surface area (Å²) < 4.78 is 0. The standard InChI is InChI=1S/C23H24N2O/c1-17-13-15-21(16-14-17)25-23(26)22(20-11-7-4-8-12-20)24-18(2)19-9-5-3-6-10-19/h3-16,18,22,24H,1-2H3,(H,25,26)/t18-,22+/m0/s1. The van der Waals surface area contributed by atoms with Crippen LogP contribution in [-0.2, 0) is 4.79 Å². The first-order valence-electron chi connectivity index (χ1n) is 8.87. The Kier molecular flexibility index (Phi) is 5.82. The van der Waals surface area contributed by atoms with Gasteiger partial charge in [0.1, 0.15) is 6.04 Å². The van der Waals surface area contributed by atoms with Gasteiger partial charge in [-0.1, -0.05) is 78.4 Å². The molecule has 0 aliphatic rings. The highest BCUT2D eigenvalue weighted by atomic mass is 16.2. The number of carbonyl (C=O) groups excluding carboxylic acids is 1. The van der Waals surface area contributed by atoms with Crippen molar-refractivity contribution in [1.29, 1.82) is 0 Å². The minimum Gasteiger partial charge on any atom is -0.324 e. The molecule has 0 aliphatic carbocycles. The molecule has 0 saturated carbocycles. The van der Waals surface area contributed by atoms with Crippen LogP contribution >= 0.6 is 0 Å². The highest BCUT2D eigenvalue weighted by Gasteiger charge is 2.23. The fraction of sp³-hybridized carbons (Fsp3) is 0.174. The Balaban J connectivity index is 1.81. The average Bonchev–Trinajstić information content (AvgIpc) is 2.69. The lowest BCUT2D eigenvalue weighted by Gasteiger charge is -2.23. The summed E-state index contributed by atoms with van der Waals surface area (Å²) in [7, 11) is 0. The molecule has 26 heavy (non-hydrogen) atoms. The Labute approximate surface area is 155 Å². The van der Waals surface area contributed by atoms with Crippen LogP contribution in [0.15, 0.2) is 84.9 Å². The van der Waals surface area contributed by atoms with E-state index in [1.165, 1.54) is 5.56 Å². The van der Waals surface area contributed by atoms with E-state index in [0.29, 0.717) is 0 Å². The smallest absolute Gasteiger partial charge is 0.246 e. The third-order valence-corrected chi connectivity index (χ3v) is 4.43. The Hall–Kier alpha value is -2.91. The molecule has 0 saturated heterocycles. The zero-order valence-electron chi connectivity index (χ0n) is 15.1. The van der Waals surface area contributed by atoms with Gasteiger partial charge in [0.25, 0.3) is 0 Å². The van der Waals surface area contributed by atoms with Crippen molar-refractivity contribution in [3.63, 3.8) is 0 Å². The minimum absolute atomic E-state index is 0.0465. The maximum Gasteiger partial charge on any atom is 0.246 e. The quantitative estimate of drug-likeness (QED) is 0.659. The van der Waals surface area contributed by atoms with Crippen LogP contribution in [0.4, 0.5) is 5.69 Å². The molecular formula is C23H24N2O. The number of carbonyl (C=O) groups is 1. The van der Waals surface area contributed by atoms with Gasteiger partial charge in [-0.3, -0.25) is 10.1 Å². The average molecular weight is 344 g/mol. The van der Waals surface area contributed by atoms with E-state index in [0.717, 1.165) is 16.8 Å². The maximum atomic E-state index is 13.0. The molecule has 0 fully saturated rings. The Bertz CT molecular complexity index is 829. The van der Waals surface area contributed by atoms with Crippen molar-refractivity contribution in [3.8, 4) is 0 Å². The Morgan fingerprint density at radius 3 is 1.88 bits per heavy atom. The fourth-order valence-corrected chi connectivity index (χ4v) is 2.91. The van der Waals surface area contributed by atoms with Gasteiger partial charge in [0, 0.05) is 11.7 Å². The summed E-state index contributed by atoms with van der Waals surface area (Å²) in [6.45, 7) is 4.10. The molecule has 132 valence electrons. The van der Waals surface area contributed by atoms with E-state index in [2.05, 4.69) is 29.7 Å². The number of hydrogen-bond acceptors (Lipinski definition) is 2. The molecule has 0 unspecified atom stereocenters. The lowest BCUT2D eigenvalue weighted by Crippen LogP contribution is -2.34. The molecule has 3 heteroatoms. The van der Waals surface area contributed by atoms with Crippen LogP contribution < -0.4 is 10.6 Å². The molecule has 1 amide bonds. The molecule has 0 aliphatic heterocycles. The number of amides is 1. The highest BCUT2D eigenvalue weighted by molar-refractivity contribution is 5.95. The molecule has 0 aromatic heterocycles. The number of benzene rings is 3. The fourth-order valence-electron chi connectivity index (χ4n) is 2.91. The maximum absolute atomic E-state index is 13.0. The van der Waals surface area contributed by atoms with E-state index in [4.69, 9.17) is 0 Å². The molecule has 2 N–H and O–H groups in total. The second kappa shape index (κ2) is 8.45. The van der Waals surface area contributed by atoms with Crippen LogP contribution in [0.3, 0.4) is 0 Å². The molecule has 0 heterocycles. The summed E-state index contributed by atoms with van der Waals surface area (Å²) >= 11 is 0. The van der Waals surface area contributed by atoms with Gasteiger partial charge in [0.05, 0.1) is 0 Å². The molecule has 0 bridgehead atoms. The largest absolute Gasteiger partial charge is 0.324 e. The molecule has 2 atom stereocenters. The number of hydrogen-bond donors (Lipinski definition) is 2. The summed E-state index contributed by atoms with van der Waals surface area (Å²) in [5.41, 5.74) is 4.06. The highest BCUT2D eigenvalue weighted by Crippen LogP contribution is 2.21. The van der Waals surface area contributed by atoms with Crippen LogP contribution in [0, 0.1) is 6.92 Å². The Morgan fingerprint density at radius 2 is 1.31 bits per heavy atom. The van der Waals surface area contributed by atoms with Gasteiger partial charge in [0.15, 0.2) is 0 Å². The lowest BCUT2D eigenvalue weighted by atomic mass is 10.0. The van der Waals surface area contributed by atoms with Crippen molar-refractivity contribution in [1.82, 2.24) is 5.32 Å². The van der Waals surface area contributed by atoms with E-state index < -0.39 is 6.04 Å².